The quantitative estimate of drug-likeness (QED) is 0.284. The first-order valence-corrected chi connectivity index (χ1v) is 15.1. The number of hydrogen-bond acceptors (Lipinski definition) is 2. The molecular formula is C34H49NO2. The summed E-state index contributed by atoms with van der Waals surface area (Å²) < 4.78 is 0. The van der Waals surface area contributed by atoms with Crippen molar-refractivity contribution in [1.29, 1.82) is 0 Å². The SMILES string of the molecule is [C-]#[N+]C1=C[C@]2(C)C3CC[C@@H]4[C@H]5[C@H](C(=C)C)CC[C@]5(C(=O)CCC)CC[C@@]4(C)[C@]3(C)CC[C@H]2C(C)(C)C1=O. The van der Waals surface area contributed by atoms with Crippen LogP contribution in [0.1, 0.15) is 113 Å². The number of fused-ring (bicyclic) bond motifs is 7. The third-order valence-electron chi connectivity index (χ3n) is 13.5. The molecule has 0 radical (unpaired) electrons. The van der Waals surface area contributed by atoms with Gasteiger partial charge in [0.15, 0.2) is 5.78 Å². The van der Waals surface area contributed by atoms with Gasteiger partial charge in [-0.3, -0.25) is 4.79 Å². The predicted molar refractivity (Wildman–Crippen MR) is 149 cm³/mol. The zero-order valence-electron chi connectivity index (χ0n) is 24.5. The average molecular weight is 504 g/mol. The molecule has 0 amide bonds. The number of rotatable bonds is 4. The largest absolute Gasteiger partial charge is 0.307 e. The van der Waals surface area contributed by atoms with Gasteiger partial charge in [0.2, 0.25) is 5.70 Å². The average Bonchev–Trinajstić information content (AvgIpc) is 3.23. The molecule has 4 fully saturated rings. The highest BCUT2D eigenvalue weighted by molar-refractivity contribution is 6.02. The predicted octanol–water partition coefficient (Wildman–Crippen LogP) is 8.61. The summed E-state index contributed by atoms with van der Waals surface area (Å²) in [5, 5.41) is 0. The van der Waals surface area contributed by atoms with Crippen LogP contribution in [0.5, 0.6) is 0 Å². The Bertz CT molecular complexity index is 1110. The summed E-state index contributed by atoms with van der Waals surface area (Å²) in [6.07, 6.45) is 12.6. The van der Waals surface area contributed by atoms with Gasteiger partial charge < -0.3 is 4.79 Å². The number of ketones is 2. The van der Waals surface area contributed by atoms with Crippen molar-refractivity contribution in [1.82, 2.24) is 0 Å². The second-order valence-corrected chi connectivity index (χ2v) is 15.1. The van der Waals surface area contributed by atoms with E-state index in [0.717, 1.165) is 64.2 Å². The van der Waals surface area contributed by atoms with Crippen LogP contribution in [0.4, 0.5) is 0 Å². The number of nitrogens with zero attached hydrogens (tertiary/aromatic N) is 1. The molecule has 0 heterocycles. The topological polar surface area (TPSA) is 38.5 Å². The Morgan fingerprint density at radius 1 is 1.00 bits per heavy atom. The second kappa shape index (κ2) is 8.40. The Balaban J connectivity index is 1.60. The van der Waals surface area contributed by atoms with Gasteiger partial charge in [-0.1, -0.05) is 59.8 Å². The first-order chi connectivity index (χ1) is 17.2. The number of carbonyl (C=O) groups excluding carboxylic acids is 2. The zero-order chi connectivity index (χ0) is 27.2. The van der Waals surface area contributed by atoms with Crippen LogP contribution in [0.15, 0.2) is 23.9 Å². The molecular weight excluding hydrogens is 454 g/mol. The van der Waals surface area contributed by atoms with Gasteiger partial charge in [-0.25, -0.2) is 4.85 Å². The van der Waals surface area contributed by atoms with Crippen molar-refractivity contribution in [2.24, 2.45) is 56.7 Å². The van der Waals surface area contributed by atoms with Crippen LogP contribution in [-0.4, -0.2) is 11.6 Å². The van der Waals surface area contributed by atoms with Gasteiger partial charge in [-0.05, 0) is 111 Å². The first kappa shape index (κ1) is 26.9. The second-order valence-electron chi connectivity index (χ2n) is 15.1. The summed E-state index contributed by atoms with van der Waals surface area (Å²) in [5.74, 6) is 2.72. The maximum absolute atomic E-state index is 13.8. The lowest BCUT2D eigenvalue weighted by molar-refractivity contribution is -0.217. The van der Waals surface area contributed by atoms with E-state index in [1.54, 1.807) is 0 Å². The van der Waals surface area contributed by atoms with Crippen LogP contribution < -0.4 is 0 Å². The van der Waals surface area contributed by atoms with Crippen molar-refractivity contribution in [3.63, 3.8) is 0 Å². The van der Waals surface area contributed by atoms with Crippen molar-refractivity contribution in [2.75, 3.05) is 0 Å². The van der Waals surface area contributed by atoms with Gasteiger partial charge >= 0.3 is 0 Å². The van der Waals surface area contributed by atoms with Crippen LogP contribution >= 0.6 is 0 Å². The van der Waals surface area contributed by atoms with Crippen LogP contribution in [0, 0.1) is 63.2 Å². The molecule has 0 N–H and O–H groups in total. The molecule has 0 aromatic rings. The van der Waals surface area contributed by atoms with E-state index in [9.17, 15) is 9.59 Å². The summed E-state index contributed by atoms with van der Waals surface area (Å²) in [6.45, 7) is 28.3. The Morgan fingerprint density at radius 2 is 1.70 bits per heavy atom. The minimum Gasteiger partial charge on any atom is -0.307 e. The highest BCUT2D eigenvalue weighted by Gasteiger charge is 2.71. The molecule has 3 heteroatoms. The number of allylic oxidation sites excluding steroid dienone is 3. The smallest absolute Gasteiger partial charge is 0.226 e. The Kier molecular flexibility index (Phi) is 6.11. The Morgan fingerprint density at radius 3 is 2.32 bits per heavy atom. The third kappa shape index (κ3) is 3.23. The van der Waals surface area contributed by atoms with Crippen molar-refractivity contribution in [3.8, 4) is 0 Å². The molecule has 3 nitrogen and oxygen atoms in total. The molecule has 202 valence electrons. The molecule has 5 rings (SSSR count). The molecule has 1 unspecified atom stereocenters. The van der Waals surface area contributed by atoms with Crippen LogP contribution in [0.3, 0.4) is 0 Å². The van der Waals surface area contributed by atoms with E-state index in [1.165, 1.54) is 5.57 Å². The van der Waals surface area contributed by atoms with E-state index in [0.29, 0.717) is 35.2 Å². The molecule has 9 atom stereocenters. The van der Waals surface area contributed by atoms with Gasteiger partial charge in [-0.2, -0.15) is 0 Å². The Hall–Kier alpha value is -1.69. The van der Waals surface area contributed by atoms with Gasteiger partial charge in [-0.15, -0.1) is 0 Å². The monoisotopic (exact) mass is 503 g/mol. The number of Topliss-reactive ketones (excluding diaryl/α,β-unsaturated/α-hetero) is 2. The minimum absolute atomic E-state index is 0.0422. The lowest BCUT2D eigenvalue weighted by atomic mass is 9.32. The van der Waals surface area contributed by atoms with Gasteiger partial charge in [0.25, 0.3) is 0 Å². The first-order valence-electron chi connectivity index (χ1n) is 15.1. The van der Waals surface area contributed by atoms with Crippen LogP contribution in [-0.2, 0) is 9.59 Å². The molecule has 0 bridgehead atoms. The zero-order valence-corrected chi connectivity index (χ0v) is 24.5. The van der Waals surface area contributed by atoms with E-state index < -0.39 is 5.41 Å². The maximum Gasteiger partial charge on any atom is 0.226 e. The lowest BCUT2D eigenvalue weighted by Crippen LogP contribution is -2.66. The van der Waals surface area contributed by atoms with Gasteiger partial charge in [0.05, 0.1) is 6.57 Å². The summed E-state index contributed by atoms with van der Waals surface area (Å²) in [7, 11) is 0. The number of carbonyl (C=O) groups is 2. The normalized spacial score (nSPS) is 48.0. The standard InChI is InChI=1S/C34H49NO2/c1-10-11-27(36)34-17-14-22(21(2)3)28(34)23-12-13-26-31(6)20-24(35-9)29(37)30(4,5)25(31)15-16-33(26,8)32(23,7)18-19-34/h20,22-23,25-26,28H,2,10-19H2,1,3-8H3/t22-,23+,25-,26?,28+,31-,32+,33+,34+/m0/s1. The molecule has 4 saturated carbocycles. The fourth-order valence-corrected chi connectivity index (χ4v) is 11.7. The highest BCUT2D eigenvalue weighted by Crippen LogP contribution is 2.77. The fourth-order valence-electron chi connectivity index (χ4n) is 11.7. The van der Waals surface area contributed by atoms with Gasteiger partial charge in [0.1, 0.15) is 5.78 Å². The molecule has 5 aliphatic rings. The van der Waals surface area contributed by atoms with E-state index >= 15 is 0 Å². The summed E-state index contributed by atoms with van der Waals surface area (Å²) >= 11 is 0. The lowest BCUT2D eigenvalue weighted by Gasteiger charge is -2.71. The number of hydrogen-bond donors (Lipinski definition) is 0. The van der Waals surface area contributed by atoms with E-state index in [-0.39, 0.29) is 33.4 Å². The van der Waals surface area contributed by atoms with Crippen molar-refractivity contribution < 1.29 is 9.59 Å². The fraction of sp³-hybridized carbons (Fsp3) is 0.794. The molecule has 0 spiro atoms. The van der Waals surface area contributed by atoms with Crippen molar-refractivity contribution >= 4 is 11.6 Å². The molecule has 0 aliphatic heterocycles. The van der Waals surface area contributed by atoms with E-state index in [4.69, 9.17) is 6.57 Å². The molecule has 37 heavy (non-hydrogen) atoms. The van der Waals surface area contributed by atoms with Crippen LogP contribution in [0.25, 0.3) is 4.85 Å². The van der Waals surface area contributed by atoms with Crippen molar-refractivity contribution in [2.45, 2.75) is 113 Å². The summed E-state index contributed by atoms with van der Waals surface area (Å²) in [5.41, 5.74) is 1.14. The highest BCUT2D eigenvalue weighted by atomic mass is 16.1. The summed E-state index contributed by atoms with van der Waals surface area (Å²) in [6, 6.07) is 0. The minimum atomic E-state index is -0.493. The van der Waals surface area contributed by atoms with Gasteiger partial charge in [0, 0.05) is 17.3 Å². The van der Waals surface area contributed by atoms with Crippen molar-refractivity contribution in [3.05, 3.63) is 35.3 Å². The third-order valence-corrected chi connectivity index (χ3v) is 13.5. The summed E-state index contributed by atoms with van der Waals surface area (Å²) in [4.78, 5) is 30.8. The van der Waals surface area contributed by atoms with Crippen LogP contribution in [0.2, 0.25) is 0 Å². The Labute approximate surface area is 225 Å². The molecule has 0 aromatic heterocycles. The van der Waals surface area contributed by atoms with E-state index in [2.05, 4.69) is 66.0 Å². The van der Waals surface area contributed by atoms with E-state index in [1.807, 2.05) is 0 Å². The maximum atomic E-state index is 13.8. The molecule has 0 aromatic carbocycles. The molecule has 5 aliphatic carbocycles. The molecule has 0 saturated heterocycles.